The molecule has 2 aromatic heterocycles. The average Bonchev–Trinajstić information content (AvgIpc) is 3.30. The van der Waals surface area contributed by atoms with E-state index in [1.165, 1.54) is 29.2 Å². The molecule has 1 aromatic carbocycles. The molecule has 27 heavy (non-hydrogen) atoms. The molecule has 0 atom stereocenters. The van der Waals surface area contributed by atoms with Gasteiger partial charge in [0.2, 0.25) is 0 Å². The van der Waals surface area contributed by atoms with Crippen LogP contribution in [0.2, 0.25) is 0 Å². The maximum Gasteiger partial charge on any atom is 0.284 e. The maximum atomic E-state index is 12.3. The molecule has 3 rings (SSSR count). The molecule has 0 radical (unpaired) electrons. The molecule has 2 heterocycles. The number of aromatic nitrogens is 3. The molecule has 0 saturated carbocycles. The number of carbonyl (C=O) groups excluding carboxylic acids is 1. The quantitative estimate of drug-likeness (QED) is 0.351. The van der Waals surface area contributed by atoms with Gasteiger partial charge >= 0.3 is 0 Å². The summed E-state index contributed by atoms with van der Waals surface area (Å²) in [4.78, 5) is 32.0. The van der Waals surface area contributed by atoms with E-state index in [1.807, 2.05) is 23.1 Å². The lowest BCUT2D eigenvalue weighted by Gasteiger charge is -2.07. The van der Waals surface area contributed by atoms with Gasteiger partial charge in [0.15, 0.2) is 4.34 Å². The Morgan fingerprint density at radius 1 is 1.44 bits per heavy atom. The summed E-state index contributed by atoms with van der Waals surface area (Å²) in [5.41, 5.74) is 1.04. The van der Waals surface area contributed by atoms with Crippen LogP contribution >= 0.6 is 23.1 Å². The van der Waals surface area contributed by atoms with E-state index in [0.717, 1.165) is 23.0 Å². The number of nitro benzene ring substituents is 1. The van der Waals surface area contributed by atoms with Crippen molar-refractivity contribution in [2.45, 2.75) is 29.1 Å². The number of amides is 1. The van der Waals surface area contributed by atoms with Gasteiger partial charge in [-0.05, 0) is 25.5 Å². The molecular formula is C17H17N5O3S2. The SMILES string of the molecule is Cc1csc(Sc2ccc(C(=O)NCCCn3ccnc3)cc2[N+](=O)[O-])n1. The van der Waals surface area contributed by atoms with Crippen LogP contribution in [-0.2, 0) is 6.54 Å². The number of nitrogens with one attached hydrogen (secondary N) is 1. The van der Waals surface area contributed by atoms with Gasteiger partial charge in [0, 0.05) is 48.2 Å². The Labute approximate surface area is 163 Å². The number of hydrogen-bond acceptors (Lipinski definition) is 7. The predicted molar refractivity (Wildman–Crippen MR) is 103 cm³/mol. The average molecular weight is 403 g/mol. The summed E-state index contributed by atoms with van der Waals surface area (Å²) in [5.74, 6) is -0.328. The number of thiazole rings is 1. The number of carbonyl (C=O) groups is 1. The van der Waals surface area contributed by atoms with Crippen LogP contribution < -0.4 is 5.32 Å². The van der Waals surface area contributed by atoms with Crippen LogP contribution in [-0.4, -0.2) is 31.9 Å². The van der Waals surface area contributed by atoms with Crippen LogP contribution in [0.4, 0.5) is 5.69 Å². The fraction of sp³-hybridized carbons (Fsp3) is 0.235. The van der Waals surface area contributed by atoms with Crippen molar-refractivity contribution in [2.75, 3.05) is 6.54 Å². The van der Waals surface area contributed by atoms with E-state index in [9.17, 15) is 14.9 Å². The molecule has 3 aromatic rings. The normalized spacial score (nSPS) is 10.7. The van der Waals surface area contributed by atoms with Crippen molar-refractivity contribution in [1.29, 1.82) is 0 Å². The third-order valence-corrected chi connectivity index (χ3v) is 5.77. The van der Waals surface area contributed by atoms with Gasteiger partial charge < -0.3 is 9.88 Å². The first-order chi connectivity index (χ1) is 13.0. The van der Waals surface area contributed by atoms with Crippen LogP contribution in [0.1, 0.15) is 22.5 Å². The Hall–Kier alpha value is -2.72. The number of nitrogens with zero attached hydrogens (tertiary/aromatic N) is 4. The van der Waals surface area contributed by atoms with Gasteiger partial charge in [-0.3, -0.25) is 14.9 Å². The number of nitro groups is 1. The summed E-state index contributed by atoms with van der Waals surface area (Å²) < 4.78 is 2.65. The second kappa shape index (κ2) is 8.78. The number of rotatable bonds is 8. The first kappa shape index (κ1) is 19.1. The van der Waals surface area contributed by atoms with E-state index in [4.69, 9.17) is 0 Å². The maximum absolute atomic E-state index is 12.3. The van der Waals surface area contributed by atoms with Crippen molar-refractivity contribution in [3.8, 4) is 0 Å². The summed E-state index contributed by atoms with van der Waals surface area (Å²) in [6.45, 7) is 3.08. The summed E-state index contributed by atoms with van der Waals surface area (Å²) in [7, 11) is 0. The number of hydrogen-bond donors (Lipinski definition) is 1. The van der Waals surface area contributed by atoms with Gasteiger partial charge in [-0.1, -0.05) is 11.8 Å². The Morgan fingerprint density at radius 3 is 2.96 bits per heavy atom. The summed E-state index contributed by atoms with van der Waals surface area (Å²) in [6, 6.07) is 4.51. The third kappa shape index (κ3) is 5.14. The van der Waals surface area contributed by atoms with Crippen molar-refractivity contribution in [1.82, 2.24) is 19.9 Å². The molecule has 0 bridgehead atoms. The minimum absolute atomic E-state index is 0.0982. The molecule has 8 nitrogen and oxygen atoms in total. The highest BCUT2D eigenvalue weighted by Crippen LogP contribution is 2.36. The summed E-state index contributed by atoms with van der Waals surface area (Å²) in [5, 5.41) is 16.1. The minimum Gasteiger partial charge on any atom is -0.352 e. The van der Waals surface area contributed by atoms with Gasteiger partial charge in [-0.25, -0.2) is 9.97 Å². The number of aryl methyl sites for hydroxylation is 2. The van der Waals surface area contributed by atoms with E-state index >= 15 is 0 Å². The van der Waals surface area contributed by atoms with Crippen molar-refractivity contribution in [2.24, 2.45) is 0 Å². The van der Waals surface area contributed by atoms with Gasteiger partial charge in [0.1, 0.15) is 0 Å². The molecule has 0 aliphatic carbocycles. The molecule has 0 fully saturated rings. The molecule has 0 saturated heterocycles. The first-order valence-electron chi connectivity index (χ1n) is 8.15. The Balaban J connectivity index is 1.63. The van der Waals surface area contributed by atoms with E-state index < -0.39 is 4.92 Å². The molecule has 10 heteroatoms. The zero-order valence-corrected chi connectivity index (χ0v) is 16.1. The first-order valence-corrected chi connectivity index (χ1v) is 9.85. The number of imidazole rings is 1. The zero-order chi connectivity index (χ0) is 19.2. The highest BCUT2D eigenvalue weighted by atomic mass is 32.2. The van der Waals surface area contributed by atoms with E-state index in [1.54, 1.807) is 24.7 Å². The lowest BCUT2D eigenvalue weighted by Crippen LogP contribution is -2.25. The molecule has 0 unspecified atom stereocenters. The molecule has 140 valence electrons. The van der Waals surface area contributed by atoms with Crippen molar-refractivity contribution < 1.29 is 9.72 Å². The van der Waals surface area contributed by atoms with Gasteiger partial charge in [-0.2, -0.15) is 0 Å². The largest absolute Gasteiger partial charge is 0.352 e. The summed E-state index contributed by atoms with van der Waals surface area (Å²) in [6.07, 6.45) is 6.00. The summed E-state index contributed by atoms with van der Waals surface area (Å²) >= 11 is 2.66. The fourth-order valence-corrected chi connectivity index (χ4v) is 4.22. The second-order valence-electron chi connectivity index (χ2n) is 5.71. The van der Waals surface area contributed by atoms with Crippen LogP contribution in [0.25, 0.3) is 0 Å². The van der Waals surface area contributed by atoms with Gasteiger partial charge in [0.05, 0.1) is 16.1 Å². The molecule has 0 spiro atoms. The van der Waals surface area contributed by atoms with E-state index in [2.05, 4.69) is 15.3 Å². The highest BCUT2D eigenvalue weighted by molar-refractivity contribution is 8.01. The molecular weight excluding hydrogens is 386 g/mol. The van der Waals surface area contributed by atoms with Crippen LogP contribution in [0, 0.1) is 17.0 Å². The zero-order valence-electron chi connectivity index (χ0n) is 14.5. The number of benzene rings is 1. The second-order valence-corrected chi connectivity index (χ2v) is 7.85. The van der Waals surface area contributed by atoms with E-state index in [0.29, 0.717) is 11.4 Å². The Bertz CT molecular complexity index is 940. The highest BCUT2D eigenvalue weighted by Gasteiger charge is 2.19. The van der Waals surface area contributed by atoms with Crippen molar-refractivity contribution in [3.05, 3.63) is 63.7 Å². The van der Waals surface area contributed by atoms with Gasteiger partial charge in [-0.15, -0.1) is 11.3 Å². The molecule has 0 aliphatic rings. The van der Waals surface area contributed by atoms with Crippen LogP contribution in [0.5, 0.6) is 0 Å². The lowest BCUT2D eigenvalue weighted by molar-refractivity contribution is -0.387. The molecule has 1 N–H and O–H groups in total. The van der Waals surface area contributed by atoms with Crippen LogP contribution in [0.15, 0.2) is 51.5 Å². The monoisotopic (exact) mass is 403 g/mol. The lowest BCUT2D eigenvalue weighted by atomic mass is 10.2. The smallest absolute Gasteiger partial charge is 0.284 e. The third-order valence-electron chi connectivity index (χ3n) is 3.65. The Morgan fingerprint density at radius 2 is 2.30 bits per heavy atom. The Kier molecular flexibility index (Phi) is 6.20. The van der Waals surface area contributed by atoms with Crippen LogP contribution in [0.3, 0.4) is 0 Å². The molecule has 1 amide bonds. The minimum atomic E-state index is -0.474. The van der Waals surface area contributed by atoms with Gasteiger partial charge in [0.25, 0.3) is 11.6 Å². The standard InChI is InChI=1S/C17H17N5O3S2/c1-12-10-26-17(20-12)27-15-4-3-13(9-14(15)22(24)25)16(23)19-5-2-7-21-8-6-18-11-21/h3-4,6,8-11H,2,5,7H2,1H3,(H,19,23). The van der Waals surface area contributed by atoms with Crippen molar-refractivity contribution in [3.63, 3.8) is 0 Å². The van der Waals surface area contributed by atoms with E-state index in [-0.39, 0.29) is 17.2 Å². The fourth-order valence-electron chi connectivity index (χ4n) is 2.35. The topological polar surface area (TPSA) is 103 Å². The molecule has 0 aliphatic heterocycles. The predicted octanol–water partition coefficient (Wildman–Crippen LogP) is 3.53. The van der Waals surface area contributed by atoms with Crippen molar-refractivity contribution >= 4 is 34.7 Å².